The van der Waals surface area contributed by atoms with Gasteiger partial charge < -0.3 is 10.2 Å². The van der Waals surface area contributed by atoms with E-state index in [0.717, 1.165) is 23.6 Å². The van der Waals surface area contributed by atoms with Gasteiger partial charge in [-0.25, -0.2) is 8.42 Å². The highest BCUT2D eigenvalue weighted by atomic mass is 32.2. The Morgan fingerprint density at radius 3 is 2.12 bits per heavy atom. The largest absolute Gasteiger partial charge is 0.352 e. The Kier molecular flexibility index (Phi) is 5.00. The first-order valence-electron chi connectivity index (χ1n) is 8.20. The number of sulfone groups is 1. The van der Waals surface area contributed by atoms with Gasteiger partial charge in [0.1, 0.15) is 0 Å². The summed E-state index contributed by atoms with van der Waals surface area (Å²) in [6.45, 7) is 10.7. The molecule has 0 spiro atoms. The van der Waals surface area contributed by atoms with E-state index in [1.54, 1.807) is 7.05 Å². The molecule has 0 bridgehead atoms. The molecule has 0 aromatic heterocycles. The number of hydrogen-bond acceptors (Lipinski definition) is 3. The van der Waals surface area contributed by atoms with Crippen molar-refractivity contribution in [2.24, 2.45) is 10.4 Å². The molecule has 0 atom stereocenters. The summed E-state index contributed by atoms with van der Waals surface area (Å²) in [5, 5.41) is 3.41. The molecule has 1 aliphatic rings. The summed E-state index contributed by atoms with van der Waals surface area (Å²) < 4.78 is 22.7. The third-order valence-corrected chi connectivity index (χ3v) is 6.11. The number of benzene rings is 1. The van der Waals surface area contributed by atoms with Crippen LogP contribution in [0.2, 0.25) is 0 Å². The molecule has 5 nitrogen and oxygen atoms in total. The van der Waals surface area contributed by atoms with Crippen molar-refractivity contribution in [3.63, 3.8) is 0 Å². The molecule has 0 amide bonds. The maximum atomic E-state index is 11.3. The van der Waals surface area contributed by atoms with Crippen LogP contribution in [0.15, 0.2) is 29.3 Å². The molecule has 0 unspecified atom stereocenters. The molecule has 1 N–H and O–H groups in total. The second kappa shape index (κ2) is 6.39. The summed E-state index contributed by atoms with van der Waals surface area (Å²) in [6, 6.07) is 7.67. The summed E-state index contributed by atoms with van der Waals surface area (Å²) in [5.74, 6) is 0.985. The molecule has 1 heterocycles. The number of nitrogens with one attached hydrogen (secondary N) is 1. The van der Waals surface area contributed by atoms with Crippen molar-refractivity contribution in [1.29, 1.82) is 0 Å². The van der Waals surface area contributed by atoms with Crippen LogP contribution in [-0.2, 0) is 22.1 Å². The fourth-order valence-electron chi connectivity index (χ4n) is 2.93. The van der Waals surface area contributed by atoms with Crippen molar-refractivity contribution in [3.05, 3.63) is 35.4 Å². The van der Waals surface area contributed by atoms with Crippen LogP contribution < -0.4 is 5.32 Å². The van der Waals surface area contributed by atoms with Crippen molar-refractivity contribution in [3.8, 4) is 0 Å². The van der Waals surface area contributed by atoms with Gasteiger partial charge in [0, 0.05) is 37.3 Å². The Labute approximate surface area is 146 Å². The minimum atomic E-state index is -2.99. The molecule has 0 saturated carbocycles. The van der Waals surface area contributed by atoms with Crippen LogP contribution in [0.3, 0.4) is 0 Å². The zero-order chi connectivity index (χ0) is 18.2. The van der Waals surface area contributed by atoms with Crippen LogP contribution in [0.1, 0.15) is 38.8 Å². The van der Waals surface area contributed by atoms with Crippen LogP contribution in [0.25, 0.3) is 0 Å². The summed E-state index contributed by atoms with van der Waals surface area (Å²) in [5.41, 5.74) is 2.24. The quantitative estimate of drug-likeness (QED) is 0.668. The first kappa shape index (κ1) is 18.8. The standard InChI is InChI=1S/C18H29N3O2S/c1-17(2)13-21(18(17,3)4)16(19-5)20-11-14-7-9-15(10-8-14)12-24(6,22)23/h7-10H,11-13H2,1-6H3,(H,19,20). The SMILES string of the molecule is CN=C(NCc1ccc(CS(C)(=O)=O)cc1)N1CC(C)(C)C1(C)C. The number of aliphatic imine (C=N–C) groups is 1. The van der Waals surface area contributed by atoms with Crippen LogP contribution in [0.5, 0.6) is 0 Å². The smallest absolute Gasteiger partial charge is 0.194 e. The average Bonchev–Trinajstić information content (AvgIpc) is 2.46. The van der Waals surface area contributed by atoms with E-state index in [2.05, 4.69) is 42.9 Å². The van der Waals surface area contributed by atoms with Gasteiger partial charge in [-0.05, 0) is 25.0 Å². The predicted octanol–water partition coefficient (Wildman–Crippen LogP) is 2.43. The van der Waals surface area contributed by atoms with E-state index in [1.807, 2.05) is 24.3 Å². The van der Waals surface area contributed by atoms with Gasteiger partial charge in [-0.2, -0.15) is 0 Å². The monoisotopic (exact) mass is 351 g/mol. The highest BCUT2D eigenvalue weighted by molar-refractivity contribution is 7.89. The second-order valence-corrected chi connectivity index (χ2v) is 9.96. The topological polar surface area (TPSA) is 61.8 Å². The lowest BCUT2D eigenvalue weighted by atomic mass is 9.65. The molecular weight excluding hydrogens is 322 g/mol. The lowest BCUT2D eigenvalue weighted by Gasteiger charge is -2.62. The van der Waals surface area contributed by atoms with Crippen LogP contribution in [-0.4, -0.2) is 44.7 Å². The number of rotatable bonds is 4. The van der Waals surface area contributed by atoms with Crippen molar-refractivity contribution in [2.75, 3.05) is 19.8 Å². The Bertz CT molecular complexity index is 719. The summed E-state index contributed by atoms with van der Waals surface area (Å²) in [4.78, 5) is 6.70. The molecule has 1 saturated heterocycles. The van der Waals surface area contributed by atoms with Gasteiger partial charge in [0.25, 0.3) is 0 Å². The van der Waals surface area contributed by atoms with Gasteiger partial charge in [-0.15, -0.1) is 0 Å². The second-order valence-electron chi connectivity index (χ2n) is 7.82. The third kappa shape index (κ3) is 3.91. The van der Waals surface area contributed by atoms with E-state index in [4.69, 9.17) is 0 Å². The molecule has 0 aliphatic carbocycles. The number of likely N-dealkylation sites (tertiary alicyclic amines) is 1. The van der Waals surface area contributed by atoms with E-state index < -0.39 is 9.84 Å². The van der Waals surface area contributed by atoms with Crippen LogP contribution in [0, 0.1) is 5.41 Å². The minimum Gasteiger partial charge on any atom is -0.352 e. The van der Waals surface area contributed by atoms with Gasteiger partial charge in [-0.1, -0.05) is 38.1 Å². The predicted molar refractivity (Wildman–Crippen MR) is 99.8 cm³/mol. The molecule has 1 aromatic rings. The van der Waals surface area contributed by atoms with Crippen molar-refractivity contribution in [1.82, 2.24) is 10.2 Å². The van der Waals surface area contributed by atoms with Gasteiger partial charge >= 0.3 is 0 Å². The molecule has 24 heavy (non-hydrogen) atoms. The lowest BCUT2D eigenvalue weighted by Crippen LogP contribution is -2.72. The molecule has 1 fully saturated rings. The van der Waals surface area contributed by atoms with E-state index in [0.29, 0.717) is 6.54 Å². The highest BCUT2D eigenvalue weighted by Gasteiger charge is 2.53. The van der Waals surface area contributed by atoms with Gasteiger partial charge in [0.15, 0.2) is 15.8 Å². The van der Waals surface area contributed by atoms with E-state index >= 15 is 0 Å². The first-order valence-corrected chi connectivity index (χ1v) is 10.3. The average molecular weight is 352 g/mol. The van der Waals surface area contributed by atoms with Crippen molar-refractivity contribution < 1.29 is 8.42 Å². The minimum absolute atomic E-state index is 0.0637. The Morgan fingerprint density at radius 2 is 1.71 bits per heavy atom. The third-order valence-electron chi connectivity index (χ3n) is 5.25. The summed E-state index contributed by atoms with van der Waals surface area (Å²) in [6.07, 6.45) is 1.25. The number of guanidine groups is 1. The molecular formula is C18H29N3O2S. The van der Waals surface area contributed by atoms with Gasteiger partial charge in [0.2, 0.25) is 0 Å². The van der Waals surface area contributed by atoms with E-state index in [1.165, 1.54) is 6.26 Å². The van der Waals surface area contributed by atoms with Crippen molar-refractivity contribution >= 4 is 15.8 Å². The van der Waals surface area contributed by atoms with Crippen molar-refractivity contribution in [2.45, 2.75) is 45.5 Å². The fourth-order valence-corrected chi connectivity index (χ4v) is 3.73. The van der Waals surface area contributed by atoms with Crippen LogP contribution >= 0.6 is 0 Å². The summed E-state index contributed by atoms with van der Waals surface area (Å²) in [7, 11) is -1.19. The fraction of sp³-hybridized carbons (Fsp3) is 0.611. The zero-order valence-electron chi connectivity index (χ0n) is 15.5. The molecule has 134 valence electrons. The Hall–Kier alpha value is -1.56. The van der Waals surface area contributed by atoms with Gasteiger partial charge in [-0.3, -0.25) is 4.99 Å². The zero-order valence-corrected chi connectivity index (χ0v) is 16.4. The lowest BCUT2D eigenvalue weighted by molar-refractivity contribution is -0.0667. The molecule has 2 rings (SSSR count). The molecule has 1 aliphatic heterocycles. The summed E-state index contributed by atoms with van der Waals surface area (Å²) >= 11 is 0. The molecule has 1 aromatic carbocycles. The Morgan fingerprint density at radius 1 is 1.17 bits per heavy atom. The normalized spacial score (nSPS) is 19.8. The van der Waals surface area contributed by atoms with Gasteiger partial charge in [0.05, 0.1) is 5.75 Å². The highest BCUT2D eigenvalue weighted by Crippen LogP contribution is 2.46. The molecule has 0 radical (unpaired) electrons. The Balaban J connectivity index is 1.98. The molecule has 6 heteroatoms. The number of nitrogens with zero attached hydrogens (tertiary/aromatic N) is 2. The van der Waals surface area contributed by atoms with E-state index in [9.17, 15) is 8.42 Å². The first-order chi connectivity index (χ1) is 11.0. The van der Waals surface area contributed by atoms with Crippen LogP contribution in [0.4, 0.5) is 0 Å². The van der Waals surface area contributed by atoms with E-state index in [-0.39, 0.29) is 16.7 Å². The maximum absolute atomic E-state index is 11.3. The maximum Gasteiger partial charge on any atom is 0.194 e. The number of hydrogen-bond donors (Lipinski definition) is 1.